The molecule has 0 bridgehead atoms. The van der Waals surface area contributed by atoms with Crippen LogP contribution in [0.2, 0.25) is 10.0 Å². The van der Waals surface area contributed by atoms with Crippen LogP contribution >= 0.6 is 58.0 Å². The summed E-state index contributed by atoms with van der Waals surface area (Å²) in [4.78, 5) is 26.7. The number of anilines is 1. The molecule has 0 unspecified atom stereocenters. The van der Waals surface area contributed by atoms with E-state index in [4.69, 9.17) is 63.1 Å². The molecule has 3 N–H and O–H groups in total. The van der Waals surface area contributed by atoms with E-state index in [0.717, 1.165) is 15.9 Å². The van der Waals surface area contributed by atoms with Crippen molar-refractivity contribution < 1.29 is 14.7 Å². The second-order valence-electron chi connectivity index (χ2n) is 9.01. The SMILES string of the molecule is Cc1ccc(NC(=O)NC(C)(C)c2ccccc2)cc1.O=C(O)c1nc(C(Cl)(Cl)Cl)n(-c2ccc(Cl)cc2Cl)n1. The summed E-state index contributed by atoms with van der Waals surface area (Å²) in [6.07, 6.45) is 0. The van der Waals surface area contributed by atoms with Gasteiger partial charge in [0.15, 0.2) is 5.82 Å². The second-order valence-corrected chi connectivity index (χ2v) is 12.1. The number of aromatic nitrogens is 3. The molecule has 0 aliphatic rings. The topological polar surface area (TPSA) is 109 Å². The van der Waals surface area contributed by atoms with Crippen molar-refractivity contribution >= 4 is 75.7 Å². The number of amides is 2. The number of carboxylic acids is 1. The van der Waals surface area contributed by atoms with Crippen molar-refractivity contribution in [1.82, 2.24) is 20.1 Å². The van der Waals surface area contributed by atoms with Gasteiger partial charge < -0.3 is 15.7 Å². The maximum atomic E-state index is 12.1. The highest BCUT2D eigenvalue weighted by Gasteiger charge is 2.33. The van der Waals surface area contributed by atoms with E-state index in [0.29, 0.717) is 5.02 Å². The van der Waals surface area contributed by atoms with Gasteiger partial charge in [0.25, 0.3) is 5.82 Å². The number of hydrogen-bond donors (Lipinski definition) is 3. The third kappa shape index (κ3) is 8.49. The Labute approximate surface area is 256 Å². The van der Waals surface area contributed by atoms with Gasteiger partial charge in [-0.1, -0.05) is 106 Å². The lowest BCUT2D eigenvalue weighted by atomic mass is 9.95. The van der Waals surface area contributed by atoms with Gasteiger partial charge in [-0.3, -0.25) is 0 Å². The number of aryl methyl sites for hydroxylation is 1. The van der Waals surface area contributed by atoms with Crippen molar-refractivity contribution in [2.24, 2.45) is 0 Å². The largest absolute Gasteiger partial charge is 0.475 e. The van der Waals surface area contributed by atoms with Crippen LogP contribution in [0.15, 0.2) is 72.8 Å². The Hall–Kier alpha value is -3.01. The van der Waals surface area contributed by atoms with Crippen molar-refractivity contribution in [2.75, 3.05) is 5.32 Å². The zero-order valence-corrected chi connectivity index (χ0v) is 25.2. The zero-order chi connectivity index (χ0) is 29.7. The summed E-state index contributed by atoms with van der Waals surface area (Å²) >= 11 is 29.1. The molecule has 40 heavy (non-hydrogen) atoms. The number of nitrogens with zero attached hydrogens (tertiary/aromatic N) is 3. The van der Waals surface area contributed by atoms with E-state index in [1.807, 2.05) is 75.4 Å². The first-order chi connectivity index (χ1) is 18.7. The van der Waals surface area contributed by atoms with Crippen LogP contribution in [0.3, 0.4) is 0 Å². The molecule has 1 heterocycles. The predicted octanol–water partition coefficient (Wildman–Crippen LogP) is 8.15. The van der Waals surface area contributed by atoms with Gasteiger partial charge in [0, 0.05) is 10.7 Å². The molecule has 8 nitrogen and oxygen atoms in total. The fraction of sp³-hybridized carbons (Fsp3) is 0.185. The first-order valence-corrected chi connectivity index (χ1v) is 13.5. The molecule has 0 fully saturated rings. The average Bonchev–Trinajstić information content (AvgIpc) is 3.33. The molecular formula is C27H24Cl5N5O3. The lowest BCUT2D eigenvalue weighted by Gasteiger charge is -2.27. The van der Waals surface area contributed by atoms with Crippen molar-refractivity contribution in [2.45, 2.75) is 30.1 Å². The van der Waals surface area contributed by atoms with Crippen LogP contribution in [-0.4, -0.2) is 31.9 Å². The van der Waals surface area contributed by atoms with E-state index in [1.54, 1.807) is 0 Å². The summed E-state index contributed by atoms with van der Waals surface area (Å²) in [5.74, 6) is -2.06. The third-order valence-electron chi connectivity index (χ3n) is 5.42. The Morgan fingerprint density at radius 1 is 0.925 bits per heavy atom. The molecule has 13 heteroatoms. The van der Waals surface area contributed by atoms with Crippen molar-refractivity contribution in [3.8, 4) is 5.69 Å². The molecule has 0 atom stereocenters. The molecule has 2 amide bonds. The number of rotatable bonds is 5. The highest BCUT2D eigenvalue weighted by molar-refractivity contribution is 6.66. The Kier molecular flexibility index (Phi) is 10.3. The maximum Gasteiger partial charge on any atom is 0.375 e. The van der Waals surface area contributed by atoms with Crippen LogP contribution in [-0.2, 0) is 9.33 Å². The molecule has 0 spiro atoms. The minimum Gasteiger partial charge on any atom is -0.475 e. The molecule has 4 rings (SSSR count). The van der Waals surface area contributed by atoms with Gasteiger partial charge in [-0.2, -0.15) is 0 Å². The van der Waals surface area contributed by atoms with Gasteiger partial charge in [0.2, 0.25) is 3.79 Å². The number of aromatic carboxylic acids is 1. The molecule has 210 valence electrons. The van der Waals surface area contributed by atoms with E-state index in [2.05, 4.69) is 20.7 Å². The number of hydrogen-bond acceptors (Lipinski definition) is 4. The number of alkyl halides is 3. The number of carbonyl (C=O) groups excluding carboxylic acids is 1. The van der Waals surface area contributed by atoms with Crippen molar-refractivity contribution in [3.63, 3.8) is 0 Å². The highest BCUT2D eigenvalue weighted by Crippen LogP contribution is 2.39. The van der Waals surface area contributed by atoms with E-state index >= 15 is 0 Å². The number of nitrogens with one attached hydrogen (secondary N) is 2. The minimum absolute atomic E-state index is 0.191. The summed E-state index contributed by atoms with van der Waals surface area (Å²) in [5.41, 5.74) is 2.89. The number of carbonyl (C=O) groups is 2. The molecule has 4 aromatic rings. The van der Waals surface area contributed by atoms with Gasteiger partial charge in [-0.15, -0.1) is 5.10 Å². The summed E-state index contributed by atoms with van der Waals surface area (Å²) in [7, 11) is 0. The third-order valence-corrected chi connectivity index (χ3v) is 6.47. The van der Waals surface area contributed by atoms with Crippen LogP contribution in [0, 0.1) is 6.92 Å². The molecule has 3 aromatic carbocycles. The first-order valence-electron chi connectivity index (χ1n) is 11.6. The van der Waals surface area contributed by atoms with E-state index in [1.165, 1.54) is 23.8 Å². The van der Waals surface area contributed by atoms with Gasteiger partial charge in [-0.25, -0.2) is 19.3 Å². The van der Waals surface area contributed by atoms with Crippen LogP contribution < -0.4 is 10.6 Å². The van der Waals surface area contributed by atoms with Crippen LogP contribution in [0.1, 0.15) is 41.4 Å². The molecule has 0 saturated carbocycles. The van der Waals surface area contributed by atoms with Crippen molar-refractivity contribution in [1.29, 1.82) is 0 Å². The van der Waals surface area contributed by atoms with Crippen molar-refractivity contribution in [3.05, 3.63) is 106 Å². The van der Waals surface area contributed by atoms with Crippen LogP contribution in [0.5, 0.6) is 0 Å². The van der Waals surface area contributed by atoms with Gasteiger partial charge >= 0.3 is 12.0 Å². The maximum absolute atomic E-state index is 12.1. The summed E-state index contributed by atoms with van der Waals surface area (Å²) < 4.78 is -0.918. The number of halogens is 5. The Bertz CT molecular complexity index is 1490. The average molecular weight is 644 g/mol. The molecule has 0 radical (unpaired) electrons. The highest BCUT2D eigenvalue weighted by atomic mass is 35.6. The van der Waals surface area contributed by atoms with Crippen LogP contribution in [0.4, 0.5) is 10.5 Å². The van der Waals surface area contributed by atoms with E-state index < -0.39 is 21.1 Å². The van der Waals surface area contributed by atoms with Gasteiger partial charge in [-0.05, 0) is 56.7 Å². The van der Waals surface area contributed by atoms with E-state index in [-0.39, 0.29) is 22.6 Å². The number of benzene rings is 3. The Morgan fingerprint density at radius 2 is 1.55 bits per heavy atom. The Morgan fingerprint density at radius 3 is 2.10 bits per heavy atom. The summed E-state index contributed by atoms with van der Waals surface area (Å²) in [5, 5.41) is 19.1. The fourth-order valence-electron chi connectivity index (χ4n) is 3.42. The molecule has 0 saturated heterocycles. The monoisotopic (exact) mass is 641 g/mol. The standard InChI is InChI=1S/C17H20N2O.C10H4Cl5N3O2/c1-13-9-11-15(12-10-13)18-16(20)19-17(2,3)14-7-5-4-6-8-14;11-4-1-2-6(5(12)3-4)18-9(10(13,14)15)16-7(17-18)8(19)20/h4-12H,1-3H3,(H2,18,19,20);1-3H,(H,19,20). The lowest BCUT2D eigenvalue weighted by molar-refractivity contribution is 0.0683. The number of carboxylic acid groups (broad SMARTS) is 1. The normalized spacial score (nSPS) is 11.3. The lowest BCUT2D eigenvalue weighted by Crippen LogP contribution is -2.43. The second kappa shape index (κ2) is 13.1. The molecule has 0 aliphatic carbocycles. The summed E-state index contributed by atoms with van der Waals surface area (Å²) in [6, 6.07) is 21.9. The molecular weight excluding hydrogens is 620 g/mol. The Balaban J connectivity index is 0.000000220. The van der Waals surface area contributed by atoms with Gasteiger partial charge in [0.1, 0.15) is 0 Å². The minimum atomic E-state index is -1.97. The first kappa shape index (κ1) is 31.5. The van der Waals surface area contributed by atoms with Gasteiger partial charge in [0.05, 0.1) is 16.2 Å². The number of urea groups is 1. The summed E-state index contributed by atoms with van der Waals surface area (Å²) in [6.45, 7) is 5.98. The quantitative estimate of drug-likeness (QED) is 0.190. The van der Waals surface area contributed by atoms with E-state index in [9.17, 15) is 9.59 Å². The predicted molar refractivity (Wildman–Crippen MR) is 160 cm³/mol. The smallest absolute Gasteiger partial charge is 0.375 e. The molecule has 0 aliphatic heterocycles. The zero-order valence-electron chi connectivity index (χ0n) is 21.4. The fourth-order valence-corrected chi connectivity index (χ4v) is 4.27. The molecule has 1 aromatic heterocycles. The van der Waals surface area contributed by atoms with Crippen LogP contribution in [0.25, 0.3) is 5.69 Å².